The fourth-order valence-electron chi connectivity index (χ4n) is 2.71. The van der Waals surface area contributed by atoms with Crippen LogP contribution in [0.5, 0.6) is 5.75 Å². The number of piperidine rings is 1. The summed E-state index contributed by atoms with van der Waals surface area (Å²) in [4.78, 5) is -0.124. The zero-order chi connectivity index (χ0) is 16.3. The first-order valence-electron chi connectivity index (χ1n) is 7.08. The Bertz CT molecular complexity index is 637. The number of sulfonamides is 1. The lowest BCUT2D eigenvalue weighted by Crippen LogP contribution is -2.42. The molecule has 1 aliphatic rings. The van der Waals surface area contributed by atoms with Gasteiger partial charge in [-0.2, -0.15) is 4.31 Å². The van der Waals surface area contributed by atoms with Crippen LogP contribution >= 0.6 is 15.9 Å². The monoisotopic (exact) mass is 394 g/mol. The first-order valence-corrected chi connectivity index (χ1v) is 9.31. The highest BCUT2D eigenvalue weighted by Gasteiger charge is 2.32. The van der Waals surface area contributed by atoms with Crippen molar-refractivity contribution in [1.29, 1.82) is 0 Å². The molecule has 1 saturated heterocycles. The molecule has 1 aromatic rings. The van der Waals surface area contributed by atoms with Crippen LogP contribution in [0.4, 0.5) is 4.39 Å². The van der Waals surface area contributed by atoms with Crippen molar-refractivity contribution in [3.8, 4) is 5.75 Å². The number of nitrogens with zero attached hydrogens (tertiary/aromatic N) is 1. The van der Waals surface area contributed by atoms with E-state index in [2.05, 4.69) is 21.2 Å². The number of benzene rings is 1. The first kappa shape index (κ1) is 17.7. The summed E-state index contributed by atoms with van der Waals surface area (Å²) in [7, 11) is -0.554. The lowest BCUT2D eigenvalue weighted by Gasteiger charge is -2.32. The van der Waals surface area contributed by atoms with Crippen molar-refractivity contribution in [2.45, 2.75) is 17.7 Å². The van der Waals surface area contributed by atoms with Gasteiger partial charge in [-0.1, -0.05) is 0 Å². The second-order valence-electron chi connectivity index (χ2n) is 5.35. The number of hydrogen-bond donors (Lipinski definition) is 1. The molecule has 5 nitrogen and oxygen atoms in total. The van der Waals surface area contributed by atoms with Crippen LogP contribution < -0.4 is 10.1 Å². The highest BCUT2D eigenvalue weighted by molar-refractivity contribution is 9.10. The number of methoxy groups -OCH3 is 1. The quantitative estimate of drug-likeness (QED) is 0.831. The van der Waals surface area contributed by atoms with Gasteiger partial charge in [0.1, 0.15) is 16.5 Å². The third-order valence-electron chi connectivity index (χ3n) is 3.80. The average Bonchev–Trinajstić information content (AvgIpc) is 2.50. The molecule has 1 N–H and O–H groups in total. The zero-order valence-electron chi connectivity index (χ0n) is 12.6. The minimum absolute atomic E-state index is 0.124. The molecule has 124 valence electrons. The zero-order valence-corrected chi connectivity index (χ0v) is 15.0. The lowest BCUT2D eigenvalue weighted by molar-refractivity contribution is 0.262. The summed E-state index contributed by atoms with van der Waals surface area (Å²) >= 11 is 3.04. The third-order valence-corrected chi connectivity index (χ3v) is 6.29. The van der Waals surface area contributed by atoms with Crippen LogP contribution in [0, 0.1) is 11.7 Å². The second-order valence-corrected chi connectivity index (χ2v) is 8.11. The molecule has 0 aromatic heterocycles. The molecule has 0 aliphatic carbocycles. The van der Waals surface area contributed by atoms with Gasteiger partial charge >= 0.3 is 0 Å². The summed E-state index contributed by atoms with van der Waals surface area (Å²) in [6.07, 6.45) is 1.78. The summed E-state index contributed by atoms with van der Waals surface area (Å²) in [6.45, 7) is 1.64. The van der Waals surface area contributed by atoms with Crippen molar-refractivity contribution < 1.29 is 17.5 Å². The molecule has 1 fully saturated rings. The lowest BCUT2D eigenvalue weighted by atomic mass is 10.00. The fraction of sp³-hybridized carbons (Fsp3) is 0.571. The minimum atomic E-state index is -3.78. The molecule has 0 amide bonds. The predicted octanol–water partition coefficient (Wildman–Crippen LogP) is 2.22. The van der Waals surface area contributed by atoms with Crippen LogP contribution in [-0.2, 0) is 10.0 Å². The SMILES string of the molecule is CNCC1CCCN(S(=O)(=O)c2cc(F)c(Br)cc2OC)C1. The van der Waals surface area contributed by atoms with Crippen LogP contribution in [0.25, 0.3) is 0 Å². The minimum Gasteiger partial charge on any atom is -0.495 e. The van der Waals surface area contributed by atoms with Gasteiger partial charge in [0.2, 0.25) is 10.0 Å². The van der Waals surface area contributed by atoms with Gasteiger partial charge in [-0.25, -0.2) is 12.8 Å². The molecule has 1 aromatic carbocycles. The summed E-state index contributed by atoms with van der Waals surface area (Å²) in [5.41, 5.74) is 0. The summed E-state index contributed by atoms with van der Waals surface area (Å²) in [5.74, 6) is -0.216. The molecule has 1 heterocycles. The van der Waals surface area contributed by atoms with Crippen molar-refractivity contribution in [2.75, 3.05) is 33.8 Å². The van der Waals surface area contributed by atoms with Crippen molar-refractivity contribution in [2.24, 2.45) is 5.92 Å². The molecule has 0 radical (unpaired) electrons. The van der Waals surface area contributed by atoms with Crippen LogP contribution in [0.2, 0.25) is 0 Å². The van der Waals surface area contributed by atoms with Crippen molar-refractivity contribution in [3.63, 3.8) is 0 Å². The van der Waals surface area contributed by atoms with E-state index in [9.17, 15) is 12.8 Å². The molecule has 8 heteroatoms. The van der Waals surface area contributed by atoms with E-state index in [4.69, 9.17) is 4.74 Å². The largest absolute Gasteiger partial charge is 0.495 e. The van der Waals surface area contributed by atoms with E-state index in [1.807, 2.05) is 7.05 Å². The molecule has 0 spiro atoms. The second kappa shape index (κ2) is 7.25. The molecule has 1 aliphatic heterocycles. The number of hydrogen-bond acceptors (Lipinski definition) is 4. The number of ether oxygens (including phenoxy) is 1. The van der Waals surface area contributed by atoms with Crippen LogP contribution in [0.3, 0.4) is 0 Å². The van der Waals surface area contributed by atoms with E-state index in [0.29, 0.717) is 13.1 Å². The summed E-state index contributed by atoms with van der Waals surface area (Å²) < 4.78 is 46.2. The standard InChI is InChI=1S/C14H20BrFN2O3S/c1-17-8-10-4-3-5-18(9-10)22(19,20)14-7-12(16)11(15)6-13(14)21-2/h6-7,10,17H,3-5,8-9H2,1-2H3. The van der Waals surface area contributed by atoms with Crippen molar-refractivity contribution in [3.05, 3.63) is 22.4 Å². The molecule has 2 rings (SSSR count). The van der Waals surface area contributed by atoms with Crippen molar-refractivity contribution >= 4 is 26.0 Å². The summed E-state index contributed by atoms with van der Waals surface area (Å²) in [6, 6.07) is 2.36. The smallest absolute Gasteiger partial charge is 0.246 e. The predicted molar refractivity (Wildman–Crippen MR) is 86.1 cm³/mol. The van der Waals surface area contributed by atoms with Crippen LogP contribution in [0.1, 0.15) is 12.8 Å². The highest BCUT2D eigenvalue weighted by atomic mass is 79.9. The molecule has 0 saturated carbocycles. The van der Waals surface area contributed by atoms with Gasteiger partial charge in [0.15, 0.2) is 0 Å². The van der Waals surface area contributed by atoms with E-state index in [-0.39, 0.29) is 21.0 Å². The van der Waals surface area contributed by atoms with E-state index < -0.39 is 15.8 Å². The highest BCUT2D eigenvalue weighted by Crippen LogP contribution is 2.33. The van der Waals surface area contributed by atoms with E-state index in [1.165, 1.54) is 17.5 Å². The number of nitrogens with one attached hydrogen (secondary N) is 1. The van der Waals surface area contributed by atoms with Gasteiger partial charge in [-0.05, 0) is 60.4 Å². The van der Waals surface area contributed by atoms with E-state index >= 15 is 0 Å². The van der Waals surface area contributed by atoms with Crippen LogP contribution in [0.15, 0.2) is 21.5 Å². The van der Waals surface area contributed by atoms with Gasteiger partial charge in [-0.15, -0.1) is 0 Å². The first-order chi connectivity index (χ1) is 10.4. The Kier molecular flexibility index (Phi) is 5.81. The topological polar surface area (TPSA) is 58.6 Å². The molecule has 22 heavy (non-hydrogen) atoms. The molecule has 1 atom stereocenters. The molecule has 0 bridgehead atoms. The normalized spacial score (nSPS) is 20.1. The van der Waals surface area contributed by atoms with E-state index in [0.717, 1.165) is 25.5 Å². The van der Waals surface area contributed by atoms with Gasteiger partial charge in [0, 0.05) is 13.1 Å². The Hall–Kier alpha value is -0.700. The van der Waals surface area contributed by atoms with Gasteiger partial charge in [0.05, 0.1) is 11.6 Å². The Morgan fingerprint density at radius 2 is 2.23 bits per heavy atom. The maximum atomic E-state index is 13.8. The Morgan fingerprint density at radius 1 is 1.50 bits per heavy atom. The molecule has 1 unspecified atom stereocenters. The third kappa shape index (κ3) is 3.61. The average molecular weight is 395 g/mol. The molecular weight excluding hydrogens is 375 g/mol. The fourth-order valence-corrected chi connectivity index (χ4v) is 4.74. The van der Waals surface area contributed by atoms with Gasteiger partial charge < -0.3 is 10.1 Å². The Morgan fingerprint density at radius 3 is 2.86 bits per heavy atom. The maximum absolute atomic E-state index is 13.8. The Balaban J connectivity index is 2.36. The maximum Gasteiger partial charge on any atom is 0.246 e. The number of rotatable bonds is 5. The molecular formula is C14H20BrFN2O3S. The number of halogens is 2. The summed E-state index contributed by atoms with van der Waals surface area (Å²) in [5, 5.41) is 3.08. The van der Waals surface area contributed by atoms with Gasteiger partial charge in [0.25, 0.3) is 0 Å². The van der Waals surface area contributed by atoms with Gasteiger partial charge in [-0.3, -0.25) is 0 Å². The van der Waals surface area contributed by atoms with Crippen molar-refractivity contribution in [1.82, 2.24) is 9.62 Å². The van der Waals surface area contributed by atoms with E-state index in [1.54, 1.807) is 0 Å². The van der Waals surface area contributed by atoms with Crippen LogP contribution in [-0.4, -0.2) is 46.5 Å². The Labute approximate surface area is 139 Å².